The molecule has 0 spiro atoms. The predicted molar refractivity (Wildman–Crippen MR) is 246 cm³/mol. The second kappa shape index (κ2) is 17.3. The molecule has 0 fully saturated rings. The van der Waals surface area contributed by atoms with Crippen molar-refractivity contribution >= 4 is 82.2 Å². The van der Waals surface area contributed by atoms with Crippen LogP contribution >= 0.6 is 45.2 Å². The molecule has 0 amide bonds. The van der Waals surface area contributed by atoms with Crippen molar-refractivity contribution in [3.05, 3.63) is 131 Å². The van der Waals surface area contributed by atoms with Crippen LogP contribution in [0.1, 0.15) is 97.1 Å². The molecule has 0 aromatic heterocycles. The number of rotatable bonds is 14. The fourth-order valence-electron chi connectivity index (χ4n) is 8.49. The van der Waals surface area contributed by atoms with E-state index in [2.05, 4.69) is 144 Å². The topological polar surface area (TPSA) is 94.8 Å². The van der Waals surface area contributed by atoms with Crippen LogP contribution in [0.2, 0.25) is 0 Å². The van der Waals surface area contributed by atoms with Gasteiger partial charge in [0, 0.05) is 54.6 Å². The van der Waals surface area contributed by atoms with Gasteiger partial charge in [-0.1, -0.05) is 57.5 Å². The molecule has 0 bridgehead atoms. The lowest BCUT2D eigenvalue weighted by Crippen LogP contribution is -2.28. The van der Waals surface area contributed by atoms with Gasteiger partial charge in [-0.05, 0) is 163 Å². The summed E-state index contributed by atoms with van der Waals surface area (Å²) in [6.45, 7) is 12.6. The van der Waals surface area contributed by atoms with Crippen molar-refractivity contribution in [2.75, 3.05) is 23.7 Å². The first-order valence-corrected chi connectivity index (χ1v) is 24.8. The van der Waals surface area contributed by atoms with Gasteiger partial charge >= 0.3 is 0 Å². The third kappa shape index (κ3) is 9.01. The molecule has 11 heteroatoms. The minimum absolute atomic E-state index is 0.262. The van der Waals surface area contributed by atoms with Gasteiger partial charge < -0.3 is 4.90 Å². The van der Waals surface area contributed by atoms with Crippen LogP contribution in [0.3, 0.4) is 0 Å². The number of allylic oxidation sites excluding steroid dienone is 7. The van der Waals surface area contributed by atoms with Crippen molar-refractivity contribution in [3.63, 3.8) is 0 Å². The van der Waals surface area contributed by atoms with E-state index in [1.807, 2.05) is 12.1 Å². The molecular weight excluding hydrogens is 966 g/mol. The van der Waals surface area contributed by atoms with E-state index in [-0.39, 0.29) is 16.1 Å². The monoisotopic (exact) mass is 1020 g/mol. The Kier molecular flexibility index (Phi) is 13.3. The zero-order valence-corrected chi connectivity index (χ0v) is 38.9. The number of hydrogen-bond acceptors (Lipinski definition) is 5. The predicted octanol–water partition coefficient (Wildman–Crippen LogP) is 11.2. The van der Waals surface area contributed by atoms with Crippen molar-refractivity contribution in [2.45, 2.75) is 102 Å². The number of nitrogens with zero attached hydrogens (tertiary/aromatic N) is 2. The lowest BCUT2D eigenvalue weighted by Gasteiger charge is -2.27. The number of fused-ring (bicyclic) bond motifs is 2. The molecule has 3 aromatic carbocycles. The van der Waals surface area contributed by atoms with Gasteiger partial charge in [0.25, 0.3) is 10.1 Å². The summed E-state index contributed by atoms with van der Waals surface area (Å²) in [5.74, 6) is -0.285. The Labute approximate surface area is 361 Å². The average molecular weight is 1020 g/mol. The van der Waals surface area contributed by atoms with Gasteiger partial charge in [0.05, 0.1) is 21.0 Å². The van der Waals surface area contributed by atoms with E-state index >= 15 is 0 Å². The molecule has 0 saturated heterocycles. The maximum atomic E-state index is 14.8. The van der Waals surface area contributed by atoms with Crippen LogP contribution in [-0.4, -0.2) is 50.5 Å². The normalized spacial score (nSPS) is 19.5. The Morgan fingerprint density at radius 2 is 1.50 bits per heavy atom. The molecule has 0 radical (unpaired) electrons. The maximum absolute atomic E-state index is 14.8. The summed E-state index contributed by atoms with van der Waals surface area (Å²) in [4.78, 5) is 2.89. The highest BCUT2D eigenvalue weighted by Crippen LogP contribution is 2.49. The largest absolute Gasteiger partial charge is 0.344 e. The Hall–Kier alpha value is -2.59. The third-order valence-electron chi connectivity index (χ3n) is 11.4. The summed E-state index contributed by atoms with van der Waals surface area (Å²) in [6, 6.07) is 21.8. The fraction of sp³-hybridized carbons (Fsp3) is 0.400. The molecule has 1 N–H and O–H groups in total. The van der Waals surface area contributed by atoms with Crippen LogP contribution in [0.5, 0.6) is 0 Å². The van der Waals surface area contributed by atoms with E-state index in [1.165, 1.54) is 26.1 Å². The van der Waals surface area contributed by atoms with Crippen molar-refractivity contribution in [1.82, 2.24) is 0 Å². The van der Waals surface area contributed by atoms with E-state index in [4.69, 9.17) is 0 Å². The lowest BCUT2D eigenvalue weighted by atomic mass is 9.81. The van der Waals surface area contributed by atoms with Crippen molar-refractivity contribution in [2.24, 2.45) is 0 Å². The van der Waals surface area contributed by atoms with Gasteiger partial charge in [0.1, 0.15) is 6.54 Å². The second-order valence-electron chi connectivity index (χ2n) is 16.1. The molecule has 0 atom stereocenters. The first kappa shape index (κ1) is 43.0. The molecule has 3 aromatic rings. The van der Waals surface area contributed by atoms with Gasteiger partial charge in [0.2, 0.25) is 15.5 Å². The lowest BCUT2D eigenvalue weighted by molar-refractivity contribution is -0.438. The summed E-state index contributed by atoms with van der Waals surface area (Å²) < 4.78 is 66.7. The van der Waals surface area contributed by atoms with E-state index in [0.29, 0.717) is 37.1 Å². The Morgan fingerprint density at radius 1 is 0.804 bits per heavy atom. The van der Waals surface area contributed by atoms with Crippen LogP contribution in [0, 0.1) is 7.14 Å². The SMILES string of the molecule is CCCCC[N+]1=C(/C=C/C2=C(S(=O)(=O)c3ccccc3)C(=C/C=C3/N(CCCCS(=O)(=O)O)c4ccc(I)cc4C3(C)C)/CCC2)C(C)(C)c2cc(I)ccc21. The summed E-state index contributed by atoms with van der Waals surface area (Å²) in [5.41, 5.74) is 7.89. The zero-order chi connectivity index (χ0) is 40.5. The standard InChI is InChI=1S/C45H52I2N2O5S2/c1-6-7-11-27-48-39-23-21-34(46)30-37(39)44(2,3)41(48)25-19-32-15-14-16-33(43(32)56(53,54)36-17-9-8-10-18-36)20-26-42-45(4,5)38-31-35(47)22-24-40(38)49(42)28-12-13-29-55(50,51)52/h8-10,17-26,30-31H,6-7,11-16,27-29H2,1-5H3/p+1. The minimum Gasteiger partial charge on any atom is -0.344 e. The number of halogens is 2. The van der Waals surface area contributed by atoms with E-state index < -0.39 is 25.4 Å². The molecule has 3 aliphatic rings. The molecule has 56 heavy (non-hydrogen) atoms. The van der Waals surface area contributed by atoms with Crippen LogP contribution < -0.4 is 4.90 Å². The van der Waals surface area contributed by atoms with Crippen LogP contribution in [-0.2, 0) is 30.8 Å². The van der Waals surface area contributed by atoms with Crippen molar-refractivity contribution < 1.29 is 26.0 Å². The molecule has 298 valence electrons. The van der Waals surface area contributed by atoms with Crippen LogP contribution in [0.15, 0.2) is 118 Å². The van der Waals surface area contributed by atoms with Crippen molar-refractivity contribution in [1.29, 1.82) is 0 Å². The Balaban J connectivity index is 1.48. The van der Waals surface area contributed by atoms with E-state index in [0.717, 1.165) is 58.3 Å². The molecule has 0 unspecified atom stereocenters. The number of benzene rings is 3. The molecule has 2 heterocycles. The second-order valence-corrected chi connectivity index (χ2v) is 22.0. The number of sulfone groups is 1. The highest BCUT2D eigenvalue weighted by Gasteiger charge is 2.44. The fourth-order valence-corrected chi connectivity index (χ4v) is 11.8. The summed E-state index contributed by atoms with van der Waals surface area (Å²) >= 11 is 4.72. The van der Waals surface area contributed by atoms with Crippen LogP contribution in [0.4, 0.5) is 11.4 Å². The molecule has 2 aliphatic heterocycles. The first-order valence-electron chi connectivity index (χ1n) is 19.6. The van der Waals surface area contributed by atoms with Gasteiger partial charge in [-0.3, -0.25) is 4.55 Å². The van der Waals surface area contributed by atoms with E-state index in [9.17, 15) is 21.4 Å². The smallest absolute Gasteiger partial charge is 0.264 e. The van der Waals surface area contributed by atoms with Gasteiger partial charge in [-0.2, -0.15) is 13.0 Å². The molecule has 0 saturated carbocycles. The number of anilines is 1. The summed E-state index contributed by atoms with van der Waals surface area (Å²) in [5, 5.41) is 0. The Bertz CT molecular complexity index is 2370. The van der Waals surface area contributed by atoms with Gasteiger partial charge in [0.15, 0.2) is 5.71 Å². The third-order valence-corrected chi connectivity index (χ3v) is 15.5. The number of hydrogen-bond donors (Lipinski definition) is 1. The zero-order valence-electron chi connectivity index (χ0n) is 33.0. The van der Waals surface area contributed by atoms with Gasteiger partial charge in [-0.15, -0.1) is 0 Å². The highest BCUT2D eigenvalue weighted by molar-refractivity contribution is 14.1. The number of unbranched alkanes of at least 4 members (excludes halogenated alkanes) is 3. The summed E-state index contributed by atoms with van der Waals surface area (Å²) in [7, 11) is -7.94. The average Bonchev–Trinajstić information content (AvgIpc) is 3.48. The molecular formula is C45H53I2N2O5S2+. The quantitative estimate of drug-likeness (QED) is 0.0748. The highest BCUT2D eigenvalue weighted by atomic mass is 127. The minimum atomic E-state index is -4.05. The molecule has 6 rings (SSSR count). The summed E-state index contributed by atoms with van der Waals surface area (Å²) in [6.07, 6.45) is 14.7. The molecule has 1 aliphatic carbocycles. The molecule has 7 nitrogen and oxygen atoms in total. The maximum Gasteiger partial charge on any atom is 0.264 e. The Morgan fingerprint density at radius 3 is 2.20 bits per heavy atom. The first-order chi connectivity index (χ1) is 26.5. The van der Waals surface area contributed by atoms with Crippen LogP contribution in [0.25, 0.3) is 0 Å². The van der Waals surface area contributed by atoms with Crippen molar-refractivity contribution in [3.8, 4) is 0 Å². The van der Waals surface area contributed by atoms with E-state index in [1.54, 1.807) is 24.3 Å². The van der Waals surface area contributed by atoms with Gasteiger partial charge in [-0.25, -0.2) is 8.42 Å².